The van der Waals surface area contributed by atoms with Gasteiger partial charge < -0.3 is 5.11 Å². The van der Waals surface area contributed by atoms with Crippen LogP contribution in [-0.2, 0) is 4.79 Å². The molecule has 2 aromatic carbocycles. The molecule has 0 saturated heterocycles. The third-order valence-corrected chi connectivity index (χ3v) is 1.88. The summed E-state index contributed by atoms with van der Waals surface area (Å²) >= 11 is 0. The van der Waals surface area contributed by atoms with Crippen LogP contribution in [-0.4, -0.2) is 11.1 Å². The lowest BCUT2D eigenvalue weighted by atomic mass is 10.1. The minimum Gasteiger partial charge on any atom is -0.481 e. The number of carbonyl (C=O) groups is 1. The molecule has 0 aliphatic heterocycles. The van der Waals surface area contributed by atoms with Crippen molar-refractivity contribution in [3.05, 3.63) is 60.7 Å². The molecule has 0 aliphatic rings. The summed E-state index contributed by atoms with van der Waals surface area (Å²) in [4.78, 5) is 9.00. The highest BCUT2D eigenvalue weighted by molar-refractivity contribution is 5.85. The van der Waals surface area contributed by atoms with Crippen LogP contribution in [0.5, 0.6) is 0 Å². The molecule has 2 aromatic rings. The lowest BCUT2D eigenvalue weighted by molar-refractivity contribution is -0.134. The lowest BCUT2D eigenvalue weighted by Gasteiger charge is -1.98. The molecule has 0 atom stereocenters. The van der Waals surface area contributed by atoms with Crippen molar-refractivity contribution in [1.82, 2.24) is 0 Å². The Hall–Kier alpha value is -1.80. The van der Waals surface area contributed by atoms with Gasteiger partial charge >= 0.3 is 0 Å². The van der Waals surface area contributed by atoms with Crippen LogP contribution in [0, 0.1) is 0 Å². The molecule has 0 fully saturated rings. The molecule has 0 bridgehead atoms. The Morgan fingerprint density at radius 2 is 1.06 bits per heavy atom. The summed E-state index contributed by atoms with van der Waals surface area (Å²) in [5, 5.41) is 7.42. The molecule has 3 heteroatoms. The van der Waals surface area contributed by atoms with Gasteiger partial charge in [0.1, 0.15) is 0 Å². The van der Waals surface area contributed by atoms with E-state index in [2.05, 4.69) is 48.5 Å². The molecule has 0 heterocycles. The zero-order valence-electron chi connectivity index (χ0n) is 9.54. The quantitative estimate of drug-likeness (QED) is 0.834. The largest absolute Gasteiger partial charge is 0.481 e. The Morgan fingerprint density at radius 3 is 1.29 bits per heavy atom. The predicted molar refractivity (Wildman–Crippen MR) is 72.4 cm³/mol. The first kappa shape index (κ1) is 15.2. The predicted octanol–water partition coefficient (Wildman–Crippen LogP) is 3.87. The summed E-state index contributed by atoms with van der Waals surface area (Å²) in [7, 11) is 0. The van der Waals surface area contributed by atoms with Gasteiger partial charge in [0.05, 0.1) is 0 Å². The van der Waals surface area contributed by atoms with Gasteiger partial charge in [-0.05, 0) is 11.1 Å². The Balaban J connectivity index is 0.000000453. The molecule has 0 aromatic heterocycles. The summed E-state index contributed by atoms with van der Waals surface area (Å²) in [5.74, 6) is -0.833. The number of hydrogen-bond acceptors (Lipinski definition) is 1. The summed E-state index contributed by atoms with van der Waals surface area (Å²) < 4.78 is 0. The first-order valence-electron chi connectivity index (χ1n) is 5.00. The maximum atomic E-state index is 9.00. The first-order chi connectivity index (χ1) is 7.70. The Morgan fingerprint density at radius 1 is 0.824 bits per heavy atom. The van der Waals surface area contributed by atoms with E-state index in [0.717, 1.165) is 6.92 Å². The van der Waals surface area contributed by atoms with Crippen LogP contribution in [0.1, 0.15) is 6.92 Å². The van der Waals surface area contributed by atoms with Crippen LogP contribution in [0.25, 0.3) is 11.1 Å². The van der Waals surface area contributed by atoms with E-state index in [1.165, 1.54) is 11.1 Å². The number of aliphatic carboxylic acids is 1. The normalized spacial score (nSPS) is 8.29. The second-order valence-corrected chi connectivity index (χ2v) is 3.25. The molecule has 90 valence electrons. The number of rotatable bonds is 1. The minimum absolute atomic E-state index is 0. The molecule has 0 unspecified atom stereocenters. The molecular formula is C14H15ClO2. The van der Waals surface area contributed by atoms with Crippen molar-refractivity contribution in [2.75, 3.05) is 0 Å². The van der Waals surface area contributed by atoms with Crippen molar-refractivity contribution >= 4 is 18.4 Å². The van der Waals surface area contributed by atoms with E-state index in [4.69, 9.17) is 9.90 Å². The molecule has 0 amide bonds. The van der Waals surface area contributed by atoms with Crippen LogP contribution in [0.3, 0.4) is 0 Å². The third-order valence-electron chi connectivity index (χ3n) is 1.88. The fourth-order valence-corrected chi connectivity index (χ4v) is 1.26. The molecule has 0 radical (unpaired) electrons. The van der Waals surface area contributed by atoms with Gasteiger partial charge in [0.25, 0.3) is 5.97 Å². The highest BCUT2D eigenvalue weighted by Crippen LogP contribution is 2.17. The van der Waals surface area contributed by atoms with Crippen molar-refractivity contribution < 1.29 is 9.90 Å². The van der Waals surface area contributed by atoms with E-state index in [9.17, 15) is 0 Å². The number of halogens is 1. The SMILES string of the molecule is CC(=O)O.Cl.c1ccc(-c2ccccc2)cc1. The van der Waals surface area contributed by atoms with Crippen molar-refractivity contribution in [3.63, 3.8) is 0 Å². The fourth-order valence-electron chi connectivity index (χ4n) is 1.26. The Kier molecular flexibility index (Phi) is 7.48. The van der Waals surface area contributed by atoms with Crippen LogP contribution < -0.4 is 0 Å². The van der Waals surface area contributed by atoms with Crippen molar-refractivity contribution in [2.45, 2.75) is 6.92 Å². The Labute approximate surface area is 107 Å². The van der Waals surface area contributed by atoms with Gasteiger partial charge in [-0.3, -0.25) is 4.79 Å². The number of benzene rings is 2. The average molecular weight is 251 g/mol. The van der Waals surface area contributed by atoms with Crippen molar-refractivity contribution in [1.29, 1.82) is 0 Å². The lowest BCUT2D eigenvalue weighted by Crippen LogP contribution is -1.78. The topological polar surface area (TPSA) is 37.3 Å². The Bertz CT molecular complexity index is 385. The maximum absolute atomic E-state index is 9.00. The highest BCUT2D eigenvalue weighted by Gasteiger charge is 1.91. The summed E-state index contributed by atoms with van der Waals surface area (Å²) in [6.07, 6.45) is 0. The molecule has 1 N–H and O–H groups in total. The highest BCUT2D eigenvalue weighted by atomic mass is 35.5. The van der Waals surface area contributed by atoms with Crippen LogP contribution >= 0.6 is 12.4 Å². The summed E-state index contributed by atoms with van der Waals surface area (Å²) in [5.41, 5.74) is 2.55. The van der Waals surface area contributed by atoms with E-state index >= 15 is 0 Å². The smallest absolute Gasteiger partial charge is 0.300 e. The van der Waals surface area contributed by atoms with Gasteiger partial charge in [-0.2, -0.15) is 0 Å². The molecule has 0 aliphatic carbocycles. The fraction of sp³-hybridized carbons (Fsp3) is 0.0714. The van der Waals surface area contributed by atoms with Gasteiger partial charge in [-0.1, -0.05) is 60.7 Å². The second-order valence-electron chi connectivity index (χ2n) is 3.25. The van der Waals surface area contributed by atoms with E-state index < -0.39 is 5.97 Å². The standard InChI is InChI=1S/C12H10.C2H4O2.ClH/c1-3-7-11(8-4-1)12-9-5-2-6-10-12;1-2(3)4;/h1-10H;1H3,(H,3,4);1H. The molecular weight excluding hydrogens is 236 g/mol. The van der Waals surface area contributed by atoms with Crippen LogP contribution in [0.2, 0.25) is 0 Å². The average Bonchev–Trinajstić information content (AvgIpc) is 2.31. The third kappa shape index (κ3) is 6.38. The van der Waals surface area contributed by atoms with Crippen molar-refractivity contribution in [3.8, 4) is 11.1 Å². The summed E-state index contributed by atoms with van der Waals surface area (Å²) in [6.45, 7) is 1.08. The van der Waals surface area contributed by atoms with E-state index in [-0.39, 0.29) is 12.4 Å². The molecule has 2 rings (SSSR count). The number of carboxylic acids is 1. The monoisotopic (exact) mass is 250 g/mol. The van der Waals surface area contributed by atoms with Crippen LogP contribution in [0.15, 0.2) is 60.7 Å². The first-order valence-corrected chi connectivity index (χ1v) is 5.00. The number of carboxylic acid groups (broad SMARTS) is 1. The van der Waals surface area contributed by atoms with Gasteiger partial charge in [0.15, 0.2) is 0 Å². The number of hydrogen-bond donors (Lipinski definition) is 1. The van der Waals surface area contributed by atoms with Gasteiger partial charge in [-0.15, -0.1) is 12.4 Å². The van der Waals surface area contributed by atoms with Gasteiger partial charge in [-0.25, -0.2) is 0 Å². The van der Waals surface area contributed by atoms with Crippen LogP contribution in [0.4, 0.5) is 0 Å². The molecule has 0 saturated carbocycles. The zero-order chi connectivity index (χ0) is 11.8. The van der Waals surface area contributed by atoms with E-state index in [1.807, 2.05) is 12.1 Å². The van der Waals surface area contributed by atoms with Gasteiger partial charge in [0.2, 0.25) is 0 Å². The van der Waals surface area contributed by atoms with E-state index in [0.29, 0.717) is 0 Å². The minimum atomic E-state index is -0.833. The van der Waals surface area contributed by atoms with Crippen molar-refractivity contribution in [2.24, 2.45) is 0 Å². The van der Waals surface area contributed by atoms with Gasteiger partial charge in [0, 0.05) is 6.92 Å². The second kappa shape index (κ2) is 8.36. The molecule has 17 heavy (non-hydrogen) atoms. The zero-order valence-corrected chi connectivity index (χ0v) is 10.4. The molecule has 2 nitrogen and oxygen atoms in total. The summed E-state index contributed by atoms with van der Waals surface area (Å²) in [6, 6.07) is 20.8. The van der Waals surface area contributed by atoms with E-state index in [1.54, 1.807) is 0 Å². The molecule has 0 spiro atoms. The maximum Gasteiger partial charge on any atom is 0.300 e.